The highest BCUT2D eigenvalue weighted by atomic mass is 32.2. The van der Waals surface area contributed by atoms with Gasteiger partial charge >= 0.3 is 0 Å². The Morgan fingerprint density at radius 3 is 2.09 bits per heavy atom. The van der Waals surface area contributed by atoms with Gasteiger partial charge in [0, 0.05) is 56.6 Å². The van der Waals surface area contributed by atoms with Crippen LogP contribution < -0.4 is 10.2 Å². The molecular formula is C25H34N4O3S. The average Bonchev–Trinajstić information content (AvgIpc) is 2.85. The Morgan fingerprint density at radius 1 is 0.909 bits per heavy atom. The summed E-state index contributed by atoms with van der Waals surface area (Å²) in [7, 11) is -3.51. The number of benzene rings is 2. The SMILES string of the molecule is CCN1CCN(c2ccc(NC(=O)C3CCN(S(=O)(=O)c4ccc(C)cc4)CC3)cc2)CC1. The fourth-order valence-corrected chi connectivity index (χ4v) is 6.01. The van der Waals surface area contributed by atoms with Gasteiger partial charge in [-0.1, -0.05) is 24.6 Å². The van der Waals surface area contributed by atoms with E-state index in [1.165, 1.54) is 9.99 Å². The number of aryl methyl sites for hydroxylation is 1. The molecule has 0 spiro atoms. The summed E-state index contributed by atoms with van der Waals surface area (Å²) in [6, 6.07) is 15.0. The molecule has 2 saturated heterocycles. The van der Waals surface area contributed by atoms with Gasteiger partial charge in [0.25, 0.3) is 0 Å². The molecule has 0 aromatic heterocycles. The number of rotatable bonds is 6. The van der Waals surface area contributed by atoms with Crippen LogP contribution in [0.5, 0.6) is 0 Å². The Morgan fingerprint density at radius 2 is 1.52 bits per heavy atom. The number of carbonyl (C=O) groups is 1. The first-order chi connectivity index (χ1) is 15.9. The van der Waals surface area contributed by atoms with Gasteiger partial charge in [-0.25, -0.2) is 8.42 Å². The van der Waals surface area contributed by atoms with E-state index in [1.54, 1.807) is 12.1 Å². The maximum atomic E-state index is 12.9. The van der Waals surface area contributed by atoms with Crippen LogP contribution in [-0.2, 0) is 14.8 Å². The highest BCUT2D eigenvalue weighted by molar-refractivity contribution is 7.89. The van der Waals surface area contributed by atoms with Crippen molar-refractivity contribution < 1.29 is 13.2 Å². The van der Waals surface area contributed by atoms with E-state index in [2.05, 4.69) is 34.2 Å². The van der Waals surface area contributed by atoms with Crippen molar-refractivity contribution >= 4 is 27.3 Å². The molecule has 1 amide bonds. The normalized spacial score (nSPS) is 18.9. The van der Waals surface area contributed by atoms with Crippen molar-refractivity contribution in [2.45, 2.75) is 31.6 Å². The number of nitrogens with zero attached hydrogens (tertiary/aromatic N) is 3. The van der Waals surface area contributed by atoms with Gasteiger partial charge < -0.3 is 15.1 Å². The lowest BCUT2D eigenvalue weighted by molar-refractivity contribution is -0.120. The predicted molar refractivity (Wildman–Crippen MR) is 132 cm³/mol. The van der Waals surface area contributed by atoms with E-state index < -0.39 is 10.0 Å². The van der Waals surface area contributed by atoms with Gasteiger partial charge in [0.2, 0.25) is 15.9 Å². The second-order valence-electron chi connectivity index (χ2n) is 8.95. The largest absolute Gasteiger partial charge is 0.369 e. The fourth-order valence-electron chi connectivity index (χ4n) is 4.54. The van der Waals surface area contributed by atoms with Crippen LogP contribution in [0.2, 0.25) is 0 Å². The summed E-state index contributed by atoms with van der Waals surface area (Å²) < 4.78 is 27.3. The highest BCUT2D eigenvalue weighted by Gasteiger charge is 2.32. The second-order valence-corrected chi connectivity index (χ2v) is 10.9. The topological polar surface area (TPSA) is 73.0 Å². The van der Waals surface area contributed by atoms with Gasteiger partial charge in [-0.2, -0.15) is 4.31 Å². The molecule has 8 heteroatoms. The lowest BCUT2D eigenvalue weighted by Gasteiger charge is -2.35. The predicted octanol–water partition coefficient (Wildman–Crippen LogP) is 3.18. The molecule has 7 nitrogen and oxygen atoms in total. The first-order valence-corrected chi connectivity index (χ1v) is 13.3. The molecule has 0 radical (unpaired) electrons. The Kier molecular flexibility index (Phi) is 7.36. The third-order valence-corrected chi connectivity index (χ3v) is 8.72. The summed E-state index contributed by atoms with van der Waals surface area (Å²) in [5.41, 5.74) is 2.99. The van der Waals surface area contributed by atoms with Crippen LogP contribution >= 0.6 is 0 Å². The molecule has 2 aromatic carbocycles. The molecule has 0 bridgehead atoms. The van der Waals surface area contributed by atoms with Crippen molar-refractivity contribution in [2.75, 3.05) is 56.0 Å². The summed E-state index contributed by atoms with van der Waals surface area (Å²) in [4.78, 5) is 17.9. The summed E-state index contributed by atoms with van der Waals surface area (Å²) >= 11 is 0. The van der Waals surface area contributed by atoms with Crippen LogP contribution in [0.1, 0.15) is 25.3 Å². The van der Waals surface area contributed by atoms with E-state index in [1.807, 2.05) is 31.2 Å². The van der Waals surface area contributed by atoms with Crippen LogP contribution in [0.4, 0.5) is 11.4 Å². The summed E-state index contributed by atoms with van der Waals surface area (Å²) in [5, 5.41) is 3.02. The number of anilines is 2. The fraction of sp³-hybridized carbons (Fsp3) is 0.480. The number of amides is 1. The zero-order valence-electron chi connectivity index (χ0n) is 19.5. The number of sulfonamides is 1. The van der Waals surface area contributed by atoms with Crippen molar-refractivity contribution in [1.29, 1.82) is 0 Å². The number of nitrogens with one attached hydrogen (secondary N) is 1. The second kappa shape index (κ2) is 10.2. The molecule has 2 aliphatic heterocycles. The van der Waals surface area contributed by atoms with Gasteiger partial charge in [0.05, 0.1) is 4.90 Å². The summed E-state index contributed by atoms with van der Waals surface area (Å²) in [6.07, 6.45) is 1.05. The van der Waals surface area contributed by atoms with E-state index in [0.717, 1.165) is 44.0 Å². The monoisotopic (exact) mass is 470 g/mol. The van der Waals surface area contributed by atoms with Crippen LogP contribution in [0.25, 0.3) is 0 Å². The van der Waals surface area contributed by atoms with Gasteiger partial charge in [0.1, 0.15) is 0 Å². The molecule has 4 rings (SSSR count). The molecule has 2 aromatic rings. The zero-order valence-corrected chi connectivity index (χ0v) is 20.4. The van der Waals surface area contributed by atoms with Crippen LogP contribution in [0.3, 0.4) is 0 Å². The minimum absolute atomic E-state index is 0.0355. The maximum absolute atomic E-state index is 12.9. The number of carbonyl (C=O) groups excluding carboxylic acids is 1. The van der Waals surface area contributed by atoms with E-state index in [4.69, 9.17) is 0 Å². The molecule has 0 unspecified atom stereocenters. The Hall–Kier alpha value is -2.42. The molecule has 1 N–H and O–H groups in total. The molecule has 178 valence electrons. The summed E-state index contributed by atoms with van der Waals surface area (Å²) in [5.74, 6) is -0.219. The van der Waals surface area contributed by atoms with Crippen molar-refractivity contribution in [3.63, 3.8) is 0 Å². The molecular weight excluding hydrogens is 436 g/mol. The number of hydrogen-bond donors (Lipinski definition) is 1. The maximum Gasteiger partial charge on any atom is 0.243 e. The number of hydrogen-bond acceptors (Lipinski definition) is 5. The van der Waals surface area contributed by atoms with E-state index >= 15 is 0 Å². The molecule has 33 heavy (non-hydrogen) atoms. The number of piperidine rings is 1. The molecule has 2 heterocycles. The van der Waals surface area contributed by atoms with Crippen LogP contribution in [0, 0.1) is 12.8 Å². The van der Waals surface area contributed by atoms with Crippen LogP contribution in [-0.4, -0.2) is 69.3 Å². The van der Waals surface area contributed by atoms with Gasteiger partial charge in [0.15, 0.2) is 0 Å². The van der Waals surface area contributed by atoms with E-state index in [9.17, 15) is 13.2 Å². The van der Waals surface area contributed by atoms with Gasteiger partial charge in [-0.05, 0) is 62.7 Å². The quantitative estimate of drug-likeness (QED) is 0.702. The first kappa shape index (κ1) is 23.7. The van der Waals surface area contributed by atoms with Crippen molar-refractivity contribution in [2.24, 2.45) is 5.92 Å². The van der Waals surface area contributed by atoms with Crippen molar-refractivity contribution in [3.05, 3.63) is 54.1 Å². The summed E-state index contributed by atoms with van der Waals surface area (Å²) in [6.45, 7) is 10.1. The minimum Gasteiger partial charge on any atom is -0.369 e. The van der Waals surface area contributed by atoms with Crippen LogP contribution in [0.15, 0.2) is 53.4 Å². The highest BCUT2D eigenvalue weighted by Crippen LogP contribution is 2.26. The Balaban J connectivity index is 1.29. The van der Waals surface area contributed by atoms with Crippen molar-refractivity contribution in [1.82, 2.24) is 9.21 Å². The number of piperazine rings is 1. The molecule has 2 aliphatic rings. The average molecular weight is 471 g/mol. The zero-order chi connectivity index (χ0) is 23.4. The van der Waals surface area contributed by atoms with Crippen molar-refractivity contribution in [3.8, 4) is 0 Å². The number of likely N-dealkylation sites (N-methyl/N-ethyl adjacent to an activating group) is 1. The first-order valence-electron chi connectivity index (χ1n) is 11.8. The Labute approximate surface area is 197 Å². The molecule has 0 aliphatic carbocycles. The third-order valence-electron chi connectivity index (χ3n) is 6.80. The van der Waals surface area contributed by atoms with Gasteiger partial charge in [-0.3, -0.25) is 4.79 Å². The standard InChI is InChI=1S/C25H34N4O3S/c1-3-27-16-18-28(19-17-27)23-8-6-22(7-9-23)26-25(30)21-12-14-29(15-13-21)33(31,32)24-10-4-20(2)5-11-24/h4-11,21H,3,12-19H2,1-2H3,(H,26,30). The lowest BCUT2D eigenvalue weighted by Crippen LogP contribution is -2.46. The Bertz CT molecular complexity index is 1040. The third kappa shape index (κ3) is 5.57. The molecule has 2 fully saturated rings. The van der Waals surface area contributed by atoms with Gasteiger partial charge in [-0.15, -0.1) is 0 Å². The van der Waals surface area contributed by atoms with E-state index in [0.29, 0.717) is 30.8 Å². The lowest BCUT2D eigenvalue weighted by atomic mass is 9.97. The van der Waals surface area contributed by atoms with E-state index in [-0.39, 0.29) is 11.8 Å². The minimum atomic E-state index is -3.51. The molecule has 0 saturated carbocycles. The molecule has 0 atom stereocenters. The smallest absolute Gasteiger partial charge is 0.243 e.